The van der Waals surface area contributed by atoms with E-state index >= 15 is 0 Å². The number of nitrogens with zero attached hydrogens (tertiary/aromatic N) is 2. The summed E-state index contributed by atoms with van der Waals surface area (Å²) in [6.45, 7) is 0. The third-order valence-electron chi connectivity index (χ3n) is 3.49. The number of sulfone groups is 1. The number of hydrogen-bond acceptors (Lipinski definition) is 6. The van der Waals surface area contributed by atoms with Crippen LogP contribution in [0.15, 0.2) is 59.6 Å². The van der Waals surface area contributed by atoms with Gasteiger partial charge in [0.1, 0.15) is 5.75 Å². The number of hydrogen-bond donors (Lipinski definition) is 0. The summed E-state index contributed by atoms with van der Waals surface area (Å²) >= 11 is 0. The van der Waals surface area contributed by atoms with Gasteiger partial charge in [-0.1, -0.05) is 6.07 Å². The maximum absolute atomic E-state index is 12.6. The van der Waals surface area contributed by atoms with Gasteiger partial charge in [-0.25, -0.2) is 8.42 Å². The second-order valence-corrected chi connectivity index (χ2v) is 7.07. The molecule has 0 amide bonds. The Morgan fingerprint density at radius 1 is 1.12 bits per heavy atom. The summed E-state index contributed by atoms with van der Waals surface area (Å²) in [6, 6.07) is 10.6. The van der Waals surface area contributed by atoms with Gasteiger partial charge in [-0.2, -0.15) is 8.78 Å². The number of pyridine rings is 1. The minimum absolute atomic E-state index is 0.248. The maximum Gasteiger partial charge on any atom is 0.341 e. The fraction of sp³-hybridized carbons (Fsp3) is 0.0625. The Morgan fingerprint density at radius 3 is 2.58 bits per heavy atom. The maximum atomic E-state index is 12.6. The molecule has 0 atom stereocenters. The van der Waals surface area contributed by atoms with Gasteiger partial charge in [0.05, 0.1) is 15.3 Å². The fourth-order valence-electron chi connectivity index (χ4n) is 2.25. The van der Waals surface area contributed by atoms with Gasteiger partial charge >= 0.3 is 11.4 Å². The monoisotopic (exact) mass is 380 g/mol. The summed E-state index contributed by atoms with van der Waals surface area (Å²) in [6.07, 6.45) is 1.61. The lowest BCUT2D eigenvalue weighted by atomic mass is 10.2. The highest BCUT2D eigenvalue weighted by Gasteiger charge is 2.30. The molecule has 0 bridgehead atoms. The molecule has 0 aliphatic carbocycles. The molecule has 0 radical (unpaired) electrons. The van der Waals surface area contributed by atoms with Gasteiger partial charge in [-0.15, -0.1) is 0 Å². The Kier molecular flexibility index (Phi) is 4.51. The van der Waals surface area contributed by atoms with E-state index in [1.807, 2.05) is 0 Å². The molecule has 0 saturated heterocycles. The SMILES string of the molecule is O=[N+]([O-])c1cc(S(=O)(=O)C(F)F)ccc1Oc1ccc2ncccc2c1. The van der Waals surface area contributed by atoms with Gasteiger partial charge < -0.3 is 4.74 Å². The first kappa shape index (κ1) is 17.7. The molecule has 0 spiro atoms. The van der Waals surface area contributed by atoms with E-state index in [0.717, 1.165) is 17.5 Å². The largest absolute Gasteiger partial charge is 0.450 e. The molecule has 1 heterocycles. The molecule has 0 unspecified atom stereocenters. The second-order valence-electron chi connectivity index (χ2n) is 5.15. The molecular formula is C16H10F2N2O5S. The van der Waals surface area contributed by atoms with Gasteiger partial charge in [0.15, 0.2) is 0 Å². The summed E-state index contributed by atoms with van der Waals surface area (Å²) in [5, 5.41) is 11.9. The Labute approximate surface area is 145 Å². The van der Waals surface area contributed by atoms with Crippen LogP contribution in [0.5, 0.6) is 11.5 Å². The normalized spacial score (nSPS) is 11.7. The summed E-state index contributed by atoms with van der Waals surface area (Å²) in [5.41, 5.74) is -0.0502. The smallest absolute Gasteiger partial charge is 0.341 e. The zero-order chi connectivity index (χ0) is 18.9. The average molecular weight is 380 g/mol. The number of halogens is 2. The first-order valence-electron chi connectivity index (χ1n) is 7.12. The lowest BCUT2D eigenvalue weighted by Crippen LogP contribution is -2.11. The Hall–Kier alpha value is -3.14. The van der Waals surface area contributed by atoms with Crippen molar-refractivity contribution < 1.29 is 26.9 Å². The second kappa shape index (κ2) is 6.64. The van der Waals surface area contributed by atoms with E-state index in [-0.39, 0.29) is 11.5 Å². The van der Waals surface area contributed by atoms with E-state index in [0.29, 0.717) is 11.6 Å². The lowest BCUT2D eigenvalue weighted by Gasteiger charge is -2.09. The van der Waals surface area contributed by atoms with Crippen LogP contribution in [0.1, 0.15) is 0 Å². The predicted molar refractivity (Wildman–Crippen MR) is 88.1 cm³/mol. The number of benzene rings is 2. The van der Waals surface area contributed by atoms with Crippen LogP contribution in [0.4, 0.5) is 14.5 Å². The minimum atomic E-state index is -4.95. The molecule has 10 heteroatoms. The molecule has 2 aromatic carbocycles. The van der Waals surface area contributed by atoms with Crippen molar-refractivity contribution in [2.45, 2.75) is 10.7 Å². The number of ether oxygens (including phenoxy) is 1. The third kappa shape index (κ3) is 3.31. The number of rotatable bonds is 5. The van der Waals surface area contributed by atoms with E-state index in [4.69, 9.17) is 4.74 Å². The molecule has 0 aliphatic heterocycles. The Balaban J connectivity index is 2.02. The Morgan fingerprint density at radius 2 is 1.88 bits per heavy atom. The molecule has 0 N–H and O–H groups in total. The van der Waals surface area contributed by atoms with E-state index in [1.54, 1.807) is 30.5 Å². The van der Waals surface area contributed by atoms with Crippen LogP contribution in [0, 0.1) is 10.1 Å². The van der Waals surface area contributed by atoms with E-state index < -0.39 is 31.1 Å². The van der Waals surface area contributed by atoms with Crippen LogP contribution in [0.3, 0.4) is 0 Å². The van der Waals surface area contributed by atoms with Gasteiger partial charge in [0, 0.05) is 17.6 Å². The zero-order valence-corrected chi connectivity index (χ0v) is 13.7. The van der Waals surface area contributed by atoms with Crippen molar-refractivity contribution in [1.82, 2.24) is 4.98 Å². The molecule has 3 aromatic rings. The molecule has 26 heavy (non-hydrogen) atoms. The van der Waals surface area contributed by atoms with Crippen molar-refractivity contribution >= 4 is 26.4 Å². The number of nitro benzene ring substituents is 1. The van der Waals surface area contributed by atoms with Crippen molar-refractivity contribution in [3.8, 4) is 11.5 Å². The van der Waals surface area contributed by atoms with Crippen molar-refractivity contribution in [1.29, 1.82) is 0 Å². The molecule has 1 aromatic heterocycles. The van der Waals surface area contributed by atoms with E-state index in [2.05, 4.69) is 4.98 Å². The van der Waals surface area contributed by atoms with Gasteiger partial charge in [0.2, 0.25) is 15.6 Å². The highest BCUT2D eigenvalue weighted by molar-refractivity contribution is 7.91. The molecular weight excluding hydrogens is 370 g/mol. The molecule has 0 saturated carbocycles. The van der Waals surface area contributed by atoms with Crippen molar-refractivity contribution in [3.63, 3.8) is 0 Å². The van der Waals surface area contributed by atoms with Gasteiger partial charge in [0.25, 0.3) is 0 Å². The quantitative estimate of drug-likeness (QED) is 0.491. The highest BCUT2D eigenvalue weighted by atomic mass is 32.2. The van der Waals surface area contributed by atoms with Crippen LogP contribution in [0.2, 0.25) is 0 Å². The van der Waals surface area contributed by atoms with Crippen LogP contribution in [-0.4, -0.2) is 24.1 Å². The first-order chi connectivity index (χ1) is 12.3. The van der Waals surface area contributed by atoms with Crippen molar-refractivity contribution in [2.75, 3.05) is 0 Å². The van der Waals surface area contributed by atoms with Crippen LogP contribution in [0.25, 0.3) is 10.9 Å². The molecule has 3 rings (SSSR count). The standard InChI is InChI=1S/C16H10F2N2O5S/c17-16(18)26(23,24)12-4-6-15(14(9-12)20(21)22)25-11-3-5-13-10(8-11)2-1-7-19-13/h1-9,16H. The lowest BCUT2D eigenvalue weighted by molar-refractivity contribution is -0.385. The molecule has 0 fully saturated rings. The fourth-order valence-corrected chi connectivity index (χ4v) is 2.99. The average Bonchev–Trinajstić information content (AvgIpc) is 2.61. The number of alkyl halides is 2. The van der Waals surface area contributed by atoms with Gasteiger partial charge in [-0.3, -0.25) is 15.1 Å². The van der Waals surface area contributed by atoms with E-state index in [9.17, 15) is 27.3 Å². The number of fused-ring (bicyclic) bond motifs is 1. The van der Waals surface area contributed by atoms with E-state index in [1.165, 1.54) is 6.07 Å². The van der Waals surface area contributed by atoms with Crippen molar-refractivity contribution in [3.05, 3.63) is 64.8 Å². The topological polar surface area (TPSA) is 99.4 Å². The summed E-state index contributed by atoms with van der Waals surface area (Å²) in [4.78, 5) is 13.6. The third-order valence-corrected chi connectivity index (χ3v) is 4.87. The molecule has 0 aliphatic rings. The van der Waals surface area contributed by atoms with Crippen LogP contribution >= 0.6 is 0 Å². The highest BCUT2D eigenvalue weighted by Crippen LogP contribution is 2.35. The predicted octanol–water partition coefficient (Wildman–Crippen LogP) is 3.93. The zero-order valence-electron chi connectivity index (χ0n) is 12.9. The first-order valence-corrected chi connectivity index (χ1v) is 8.67. The molecule has 134 valence electrons. The number of aromatic nitrogens is 1. The Bertz CT molecular complexity index is 1100. The minimum Gasteiger partial charge on any atom is -0.450 e. The summed E-state index contributed by atoms with van der Waals surface area (Å²) in [5.74, 6) is -3.70. The summed E-state index contributed by atoms with van der Waals surface area (Å²) in [7, 11) is -4.95. The summed E-state index contributed by atoms with van der Waals surface area (Å²) < 4.78 is 53.7. The number of nitro groups is 1. The molecule has 7 nitrogen and oxygen atoms in total. The van der Waals surface area contributed by atoms with Gasteiger partial charge in [-0.05, 0) is 36.4 Å². The van der Waals surface area contributed by atoms with Crippen LogP contribution < -0.4 is 4.74 Å². The van der Waals surface area contributed by atoms with Crippen LogP contribution in [-0.2, 0) is 9.84 Å². The van der Waals surface area contributed by atoms with Crippen molar-refractivity contribution in [2.24, 2.45) is 0 Å².